The fourth-order valence-corrected chi connectivity index (χ4v) is 3.58. The summed E-state index contributed by atoms with van der Waals surface area (Å²) in [6.45, 7) is 4.43. The van der Waals surface area contributed by atoms with Crippen LogP contribution in [0.5, 0.6) is 0 Å². The molecule has 1 atom stereocenters. The molecule has 4 nitrogen and oxygen atoms in total. The molecule has 0 radical (unpaired) electrons. The quantitative estimate of drug-likeness (QED) is 0.768. The second kappa shape index (κ2) is 6.50. The normalized spacial score (nSPS) is 19.8. The van der Waals surface area contributed by atoms with Gasteiger partial charge in [0.2, 0.25) is 0 Å². The van der Waals surface area contributed by atoms with E-state index in [0.717, 1.165) is 11.1 Å². The standard InChI is InChI=1S/C20H18FN3OS/c1-13-4-7-16(8-5-13)24-19(26)23(18(25)20(24,3)12-21)17-9-6-15(11-22)14(2)10-17/h4-10H,12H2,1-3H3. The third kappa shape index (κ3) is 2.65. The number of carbonyl (C=O) groups is 1. The average Bonchev–Trinajstić information content (AvgIpc) is 2.82. The summed E-state index contributed by atoms with van der Waals surface area (Å²) in [5.74, 6) is -0.422. The van der Waals surface area contributed by atoms with Crippen LogP contribution in [-0.4, -0.2) is 23.2 Å². The van der Waals surface area contributed by atoms with Crippen LogP contribution < -0.4 is 9.80 Å². The van der Waals surface area contributed by atoms with E-state index in [1.807, 2.05) is 31.2 Å². The van der Waals surface area contributed by atoms with Crippen molar-refractivity contribution in [3.8, 4) is 6.07 Å². The maximum Gasteiger partial charge on any atom is 0.262 e. The van der Waals surface area contributed by atoms with Gasteiger partial charge in [0.15, 0.2) is 10.7 Å². The maximum atomic E-state index is 14.0. The van der Waals surface area contributed by atoms with Crippen LogP contribution in [0.15, 0.2) is 42.5 Å². The minimum atomic E-state index is -1.41. The molecule has 1 heterocycles. The Bertz CT molecular complexity index is 935. The number of carbonyl (C=O) groups excluding carboxylic acids is 1. The van der Waals surface area contributed by atoms with E-state index < -0.39 is 18.1 Å². The summed E-state index contributed by atoms with van der Waals surface area (Å²) in [5.41, 5.74) is 2.11. The molecule has 26 heavy (non-hydrogen) atoms. The van der Waals surface area contributed by atoms with Gasteiger partial charge in [0, 0.05) is 5.69 Å². The number of halogens is 1. The maximum absolute atomic E-state index is 14.0. The molecule has 0 aliphatic carbocycles. The van der Waals surface area contributed by atoms with E-state index in [9.17, 15) is 9.18 Å². The van der Waals surface area contributed by atoms with Crippen LogP contribution >= 0.6 is 12.2 Å². The average molecular weight is 367 g/mol. The number of amides is 1. The molecule has 0 spiro atoms. The first-order chi connectivity index (χ1) is 12.3. The van der Waals surface area contributed by atoms with E-state index in [2.05, 4.69) is 6.07 Å². The molecule has 1 unspecified atom stereocenters. The molecular weight excluding hydrogens is 349 g/mol. The Morgan fingerprint density at radius 2 is 1.77 bits per heavy atom. The lowest BCUT2D eigenvalue weighted by Gasteiger charge is -2.30. The van der Waals surface area contributed by atoms with E-state index in [1.165, 1.54) is 4.90 Å². The summed E-state index contributed by atoms with van der Waals surface area (Å²) < 4.78 is 14.0. The van der Waals surface area contributed by atoms with Crippen molar-refractivity contribution in [2.24, 2.45) is 0 Å². The molecule has 1 aliphatic heterocycles. The molecule has 2 aromatic rings. The smallest absolute Gasteiger partial charge is 0.262 e. The lowest BCUT2D eigenvalue weighted by atomic mass is 10.0. The molecule has 1 amide bonds. The predicted octanol–water partition coefficient (Wildman–Crippen LogP) is 4.04. The van der Waals surface area contributed by atoms with E-state index in [-0.39, 0.29) is 5.11 Å². The summed E-state index contributed by atoms with van der Waals surface area (Å²) >= 11 is 5.55. The van der Waals surface area contributed by atoms with Crippen LogP contribution in [0.4, 0.5) is 15.8 Å². The lowest BCUT2D eigenvalue weighted by molar-refractivity contribution is -0.121. The topological polar surface area (TPSA) is 47.3 Å². The molecule has 6 heteroatoms. The predicted molar refractivity (Wildman–Crippen MR) is 104 cm³/mol. The van der Waals surface area contributed by atoms with Gasteiger partial charge in [0.1, 0.15) is 6.67 Å². The van der Waals surface area contributed by atoms with Crippen LogP contribution in [0.1, 0.15) is 23.6 Å². The van der Waals surface area contributed by atoms with Crippen molar-refractivity contribution in [3.63, 3.8) is 0 Å². The number of aryl methyl sites for hydroxylation is 2. The molecule has 0 N–H and O–H groups in total. The molecule has 0 aromatic heterocycles. The molecule has 1 fully saturated rings. The first kappa shape index (κ1) is 18.0. The number of anilines is 2. The highest BCUT2D eigenvalue weighted by Crippen LogP contribution is 2.37. The number of nitriles is 1. The van der Waals surface area contributed by atoms with Crippen molar-refractivity contribution in [1.29, 1.82) is 5.26 Å². The Hall–Kier alpha value is -2.78. The number of nitrogens with zero attached hydrogens (tertiary/aromatic N) is 3. The molecule has 1 saturated heterocycles. The Morgan fingerprint density at radius 3 is 2.31 bits per heavy atom. The third-order valence-electron chi connectivity index (χ3n) is 4.68. The number of rotatable bonds is 3. The van der Waals surface area contributed by atoms with Gasteiger partial charge in [-0.3, -0.25) is 9.69 Å². The van der Waals surface area contributed by atoms with Crippen LogP contribution in [0, 0.1) is 25.2 Å². The van der Waals surface area contributed by atoms with Crippen molar-refractivity contribution in [3.05, 3.63) is 59.2 Å². The summed E-state index contributed by atoms with van der Waals surface area (Å²) in [7, 11) is 0. The van der Waals surface area contributed by atoms with Gasteiger partial charge in [-0.2, -0.15) is 5.26 Å². The molecular formula is C20H18FN3OS. The summed E-state index contributed by atoms with van der Waals surface area (Å²) in [5, 5.41) is 9.32. The van der Waals surface area contributed by atoms with Gasteiger partial charge in [0.05, 0.1) is 17.3 Å². The SMILES string of the molecule is Cc1ccc(N2C(=S)N(c3ccc(C#N)c(C)c3)C(=O)C2(C)CF)cc1. The fraction of sp³-hybridized carbons (Fsp3) is 0.250. The van der Waals surface area contributed by atoms with E-state index >= 15 is 0 Å². The molecule has 0 bridgehead atoms. The summed E-state index contributed by atoms with van der Waals surface area (Å²) in [4.78, 5) is 16.0. The number of alkyl halides is 1. The van der Waals surface area contributed by atoms with Gasteiger partial charge in [-0.05, 0) is 68.9 Å². The van der Waals surface area contributed by atoms with Crippen molar-refractivity contribution in [1.82, 2.24) is 0 Å². The van der Waals surface area contributed by atoms with Gasteiger partial charge in [-0.1, -0.05) is 17.7 Å². The number of benzene rings is 2. The van der Waals surface area contributed by atoms with Crippen LogP contribution in [0.3, 0.4) is 0 Å². The highest BCUT2D eigenvalue weighted by atomic mass is 32.1. The Balaban J connectivity index is 2.10. The van der Waals surface area contributed by atoms with E-state index in [0.29, 0.717) is 16.9 Å². The zero-order valence-corrected chi connectivity index (χ0v) is 15.6. The highest BCUT2D eigenvalue weighted by Gasteiger charge is 2.53. The Labute approximate surface area is 157 Å². The van der Waals surface area contributed by atoms with Gasteiger partial charge in [-0.25, -0.2) is 4.39 Å². The lowest BCUT2D eigenvalue weighted by Crippen LogP contribution is -2.49. The third-order valence-corrected chi connectivity index (χ3v) is 5.05. The Kier molecular flexibility index (Phi) is 4.51. The van der Waals surface area contributed by atoms with Gasteiger partial charge in [-0.15, -0.1) is 0 Å². The molecule has 132 valence electrons. The molecule has 1 aliphatic rings. The number of hydrogen-bond donors (Lipinski definition) is 0. The molecule has 0 saturated carbocycles. The summed E-state index contributed by atoms with van der Waals surface area (Å²) in [6.07, 6.45) is 0. The van der Waals surface area contributed by atoms with E-state index in [4.69, 9.17) is 17.5 Å². The van der Waals surface area contributed by atoms with Crippen LogP contribution in [0.25, 0.3) is 0 Å². The number of thiocarbonyl (C=S) groups is 1. The monoisotopic (exact) mass is 367 g/mol. The largest absolute Gasteiger partial charge is 0.301 e. The first-order valence-electron chi connectivity index (χ1n) is 8.15. The molecule has 3 rings (SSSR count). The summed E-state index contributed by atoms with van der Waals surface area (Å²) in [6, 6.07) is 14.6. The van der Waals surface area contributed by atoms with Crippen molar-refractivity contribution in [2.45, 2.75) is 26.3 Å². The number of hydrogen-bond acceptors (Lipinski definition) is 3. The fourth-order valence-electron chi connectivity index (χ4n) is 3.08. The van der Waals surface area contributed by atoms with Crippen molar-refractivity contribution < 1.29 is 9.18 Å². The van der Waals surface area contributed by atoms with Crippen molar-refractivity contribution in [2.75, 3.05) is 16.5 Å². The first-order valence-corrected chi connectivity index (χ1v) is 8.56. The minimum absolute atomic E-state index is 0.225. The second-order valence-electron chi connectivity index (χ2n) is 6.61. The second-order valence-corrected chi connectivity index (χ2v) is 6.98. The highest BCUT2D eigenvalue weighted by molar-refractivity contribution is 7.81. The van der Waals surface area contributed by atoms with Crippen LogP contribution in [-0.2, 0) is 4.79 Å². The van der Waals surface area contributed by atoms with Crippen LogP contribution in [0.2, 0.25) is 0 Å². The Morgan fingerprint density at radius 1 is 1.15 bits per heavy atom. The zero-order valence-electron chi connectivity index (χ0n) is 14.8. The molecule has 2 aromatic carbocycles. The van der Waals surface area contributed by atoms with E-state index in [1.54, 1.807) is 36.9 Å². The van der Waals surface area contributed by atoms with Crippen molar-refractivity contribution >= 4 is 34.6 Å². The minimum Gasteiger partial charge on any atom is -0.301 e. The zero-order chi connectivity index (χ0) is 19.1. The van der Waals surface area contributed by atoms with Gasteiger partial charge < -0.3 is 4.90 Å². The van der Waals surface area contributed by atoms with Gasteiger partial charge >= 0.3 is 0 Å². The van der Waals surface area contributed by atoms with Gasteiger partial charge in [0.25, 0.3) is 5.91 Å².